The Morgan fingerprint density at radius 3 is 2.71 bits per heavy atom. The number of carbonyl (C=O) groups is 1. The molecule has 0 bridgehead atoms. The average Bonchev–Trinajstić information content (AvgIpc) is 2.50. The van der Waals surface area contributed by atoms with Gasteiger partial charge in [0.25, 0.3) is 5.91 Å². The molecular formula is C15H27N5O. The molecule has 4 N–H and O–H groups in total. The largest absolute Gasteiger partial charge is 0.352 e. The molecule has 0 spiro atoms. The second kappa shape index (κ2) is 8.59. The Morgan fingerprint density at radius 2 is 2.14 bits per heavy atom. The Labute approximate surface area is 127 Å². The first-order valence-electron chi connectivity index (χ1n) is 7.44. The maximum atomic E-state index is 12.1. The van der Waals surface area contributed by atoms with Crippen molar-refractivity contribution in [1.82, 2.24) is 15.2 Å². The molecule has 1 aromatic rings. The van der Waals surface area contributed by atoms with Gasteiger partial charge in [0.1, 0.15) is 5.82 Å². The van der Waals surface area contributed by atoms with Gasteiger partial charge in [-0.25, -0.2) is 10.8 Å². The fourth-order valence-corrected chi connectivity index (χ4v) is 1.86. The molecule has 0 saturated carbocycles. The van der Waals surface area contributed by atoms with Gasteiger partial charge >= 0.3 is 0 Å². The lowest BCUT2D eigenvalue weighted by atomic mass is 10.2. The smallest absolute Gasteiger partial charge is 0.251 e. The summed E-state index contributed by atoms with van der Waals surface area (Å²) in [5, 5.41) is 2.93. The maximum absolute atomic E-state index is 12.1. The molecular weight excluding hydrogens is 266 g/mol. The van der Waals surface area contributed by atoms with Gasteiger partial charge in [0, 0.05) is 23.8 Å². The van der Waals surface area contributed by atoms with E-state index < -0.39 is 0 Å². The number of nitrogen functional groups attached to an aromatic ring is 1. The zero-order chi connectivity index (χ0) is 15.8. The van der Waals surface area contributed by atoms with Crippen molar-refractivity contribution in [3.63, 3.8) is 0 Å². The molecule has 0 atom stereocenters. The van der Waals surface area contributed by atoms with Crippen molar-refractivity contribution < 1.29 is 4.79 Å². The molecule has 1 amide bonds. The van der Waals surface area contributed by atoms with Gasteiger partial charge in [-0.15, -0.1) is 0 Å². The van der Waals surface area contributed by atoms with Crippen LogP contribution in [0.5, 0.6) is 0 Å². The number of nitrogens with zero attached hydrogens (tertiary/aromatic N) is 2. The summed E-state index contributed by atoms with van der Waals surface area (Å²) in [4.78, 5) is 18.7. The summed E-state index contributed by atoms with van der Waals surface area (Å²) in [7, 11) is 2.09. The first kappa shape index (κ1) is 17.4. The van der Waals surface area contributed by atoms with Gasteiger partial charge < -0.3 is 15.6 Å². The minimum absolute atomic E-state index is 0.0872. The second-order valence-electron chi connectivity index (χ2n) is 5.41. The third kappa shape index (κ3) is 5.69. The Hall–Kier alpha value is -1.66. The summed E-state index contributed by atoms with van der Waals surface area (Å²) in [6.45, 7) is 7.92. The molecule has 0 unspecified atom stereocenters. The number of anilines is 1. The van der Waals surface area contributed by atoms with Crippen LogP contribution in [0, 0.1) is 0 Å². The molecule has 0 aliphatic heterocycles. The van der Waals surface area contributed by atoms with Gasteiger partial charge in [-0.05, 0) is 52.4 Å². The molecule has 6 heteroatoms. The Bertz CT molecular complexity index is 439. The summed E-state index contributed by atoms with van der Waals surface area (Å²) in [6, 6.07) is 3.98. The summed E-state index contributed by atoms with van der Waals surface area (Å²) in [5.41, 5.74) is 3.93. The van der Waals surface area contributed by atoms with Crippen LogP contribution in [0.15, 0.2) is 12.1 Å². The fraction of sp³-hybridized carbons (Fsp3) is 0.600. The van der Waals surface area contributed by atoms with Crippen molar-refractivity contribution >= 4 is 11.7 Å². The van der Waals surface area contributed by atoms with E-state index in [2.05, 4.69) is 41.5 Å². The number of amides is 1. The van der Waals surface area contributed by atoms with Crippen molar-refractivity contribution in [2.24, 2.45) is 5.84 Å². The zero-order valence-corrected chi connectivity index (χ0v) is 13.4. The molecule has 0 saturated heterocycles. The molecule has 118 valence electrons. The number of rotatable bonds is 8. The first-order valence-corrected chi connectivity index (χ1v) is 7.44. The number of hydrogen-bond acceptors (Lipinski definition) is 5. The predicted octanol–water partition coefficient (Wildman–Crippen LogP) is 1.39. The molecule has 21 heavy (non-hydrogen) atoms. The molecule has 0 radical (unpaired) electrons. The predicted molar refractivity (Wildman–Crippen MR) is 86.1 cm³/mol. The van der Waals surface area contributed by atoms with E-state index in [0.29, 0.717) is 24.0 Å². The van der Waals surface area contributed by atoms with Crippen LogP contribution in [0.4, 0.5) is 5.82 Å². The van der Waals surface area contributed by atoms with Crippen LogP contribution >= 0.6 is 0 Å². The van der Waals surface area contributed by atoms with Gasteiger partial charge in [-0.3, -0.25) is 4.79 Å². The van der Waals surface area contributed by atoms with Crippen LogP contribution < -0.4 is 16.6 Å². The van der Waals surface area contributed by atoms with Crippen LogP contribution in [0.1, 0.15) is 43.2 Å². The fourth-order valence-electron chi connectivity index (χ4n) is 1.86. The van der Waals surface area contributed by atoms with E-state index in [1.165, 1.54) is 0 Å². The molecule has 0 aromatic carbocycles. The molecule has 6 nitrogen and oxygen atoms in total. The van der Waals surface area contributed by atoms with Crippen molar-refractivity contribution in [3.05, 3.63) is 23.4 Å². The third-order valence-electron chi connectivity index (χ3n) is 3.51. The van der Waals surface area contributed by atoms with E-state index in [1.807, 2.05) is 6.92 Å². The van der Waals surface area contributed by atoms with Crippen molar-refractivity contribution in [2.75, 3.05) is 25.6 Å². The highest BCUT2D eigenvalue weighted by atomic mass is 16.1. The lowest BCUT2D eigenvalue weighted by Crippen LogP contribution is -2.31. The highest BCUT2D eigenvalue weighted by Crippen LogP contribution is 2.10. The first-order chi connectivity index (χ1) is 9.97. The van der Waals surface area contributed by atoms with Gasteiger partial charge in [-0.2, -0.15) is 0 Å². The number of aromatic nitrogens is 1. The van der Waals surface area contributed by atoms with E-state index in [9.17, 15) is 4.79 Å². The van der Waals surface area contributed by atoms with Crippen molar-refractivity contribution in [1.29, 1.82) is 0 Å². The lowest BCUT2D eigenvalue weighted by Gasteiger charge is -2.20. The van der Waals surface area contributed by atoms with Crippen LogP contribution in [0.3, 0.4) is 0 Å². The maximum Gasteiger partial charge on any atom is 0.251 e. The Morgan fingerprint density at radius 1 is 1.43 bits per heavy atom. The van der Waals surface area contributed by atoms with E-state index in [-0.39, 0.29) is 5.91 Å². The van der Waals surface area contributed by atoms with Gasteiger partial charge in [0.2, 0.25) is 0 Å². The molecule has 0 aliphatic rings. The van der Waals surface area contributed by atoms with Crippen molar-refractivity contribution in [3.8, 4) is 0 Å². The molecule has 1 aromatic heterocycles. The van der Waals surface area contributed by atoms with Gasteiger partial charge in [-0.1, -0.05) is 6.92 Å². The second-order valence-corrected chi connectivity index (χ2v) is 5.41. The van der Waals surface area contributed by atoms with E-state index in [1.54, 1.807) is 12.1 Å². The Balaban J connectivity index is 2.52. The molecule has 0 fully saturated rings. The summed E-state index contributed by atoms with van der Waals surface area (Å²) < 4.78 is 0. The van der Waals surface area contributed by atoms with Crippen LogP contribution in [0.25, 0.3) is 0 Å². The number of pyridine rings is 1. The minimum atomic E-state index is -0.0872. The number of aryl methyl sites for hydroxylation is 1. The number of hydrazine groups is 1. The summed E-state index contributed by atoms with van der Waals surface area (Å²) >= 11 is 0. The molecule has 1 rings (SSSR count). The highest BCUT2D eigenvalue weighted by Gasteiger charge is 2.09. The number of nitrogens with two attached hydrogens (primary N) is 1. The topological polar surface area (TPSA) is 83.3 Å². The van der Waals surface area contributed by atoms with E-state index in [4.69, 9.17) is 5.84 Å². The lowest BCUT2D eigenvalue weighted by molar-refractivity contribution is 0.0951. The molecule has 0 aliphatic carbocycles. The zero-order valence-electron chi connectivity index (χ0n) is 13.4. The van der Waals surface area contributed by atoms with Gasteiger partial charge in [0.05, 0.1) is 0 Å². The Kier molecular flexibility index (Phi) is 7.11. The third-order valence-corrected chi connectivity index (χ3v) is 3.51. The molecule has 1 heterocycles. The number of hydrogen-bond donors (Lipinski definition) is 3. The normalized spacial score (nSPS) is 11.0. The van der Waals surface area contributed by atoms with E-state index >= 15 is 0 Å². The number of carbonyl (C=O) groups excluding carboxylic acids is 1. The van der Waals surface area contributed by atoms with E-state index in [0.717, 1.165) is 25.1 Å². The van der Waals surface area contributed by atoms with Crippen LogP contribution in [-0.4, -0.2) is 42.0 Å². The monoisotopic (exact) mass is 293 g/mol. The standard InChI is InChI=1S/C15H27N5O/c1-5-13-9-12(10-14(18-13)19-16)15(21)17-7-6-8-20(4)11(2)3/h9-11H,5-8,16H2,1-4H3,(H,17,21)(H,18,19). The van der Waals surface area contributed by atoms with Crippen molar-refractivity contribution in [2.45, 2.75) is 39.7 Å². The number of nitrogens with one attached hydrogen (secondary N) is 2. The highest BCUT2D eigenvalue weighted by molar-refractivity contribution is 5.94. The summed E-state index contributed by atoms with van der Waals surface area (Å²) in [6.07, 6.45) is 1.68. The minimum Gasteiger partial charge on any atom is -0.352 e. The van der Waals surface area contributed by atoms with Gasteiger partial charge in [0.15, 0.2) is 0 Å². The SMILES string of the molecule is CCc1cc(C(=O)NCCCN(C)C(C)C)cc(NN)n1. The summed E-state index contributed by atoms with van der Waals surface area (Å²) in [5.74, 6) is 5.80. The van der Waals surface area contributed by atoms with Crippen LogP contribution in [0.2, 0.25) is 0 Å². The van der Waals surface area contributed by atoms with Crippen LogP contribution in [-0.2, 0) is 6.42 Å². The average molecular weight is 293 g/mol. The quantitative estimate of drug-likeness (QED) is 0.383.